The predicted octanol–water partition coefficient (Wildman–Crippen LogP) is 1.45. The zero-order valence-electron chi connectivity index (χ0n) is 9.81. The monoisotopic (exact) mass is 245 g/mol. The zero-order chi connectivity index (χ0) is 12.1. The van der Waals surface area contributed by atoms with Crippen LogP contribution in [-0.4, -0.2) is 46.0 Å². The van der Waals surface area contributed by atoms with Crippen molar-refractivity contribution < 1.29 is 14.7 Å². The lowest BCUT2D eigenvalue weighted by molar-refractivity contribution is -0.133. The van der Waals surface area contributed by atoms with Crippen LogP contribution in [0.3, 0.4) is 0 Å². The minimum absolute atomic E-state index is 0.00588. The number of hydrogen-bond acceptors (Lipinski definition) is 3. The lowest BCUT2D eigenvalue weighted by Gasteiger charge is -2.27. The fraction of sp³-hybridized carbons (Fsp3) is 0.818. The van der Waals surface area contributed by atoms with E-state index in [-0.39, 0.29) is 17.4 Å². The Hall–Kier alpha value is -0.710. The van der Waals surface area contributed by atoms with Crippen molar-refractivity contribution in [3.05, 3.63) is 0 Å². The molecule has 1 N–H and O–H groups in total. The van der Waals surface area contributed by atoms with Crippen LogP contribution < -0.4 is 0 Å². The van der Waals surface area contributed by atoms with E-state index in [1.807, 2.05) is 4.90 Å². The molecule has 0 aromatic heterocycles. The van der Waals surface area contributed by atoms with Gasteiger partial charge < -0.3 is 10.0 Å². The highest BCUT2D eigenvalue weighted by Gasteiger charge is 2.30. The smallest absolute Gasteiger partial charge is 0.313 e. The number of hydrogen-bond donors (Lipinski definition) is 1. The van der Waals surface area contributed by atoms with Gasteiger partial charge in [0.15, 0.2) is 0 Å². The summed E-state index contributed by atoms with van der Waals surface area (Å²) in [5.74, 6) is -0.000413. The van der Waals surface area contributed by atoms with Gasteiger partial charge in [-0.05, 0) is 18.8 Å². The van der Waals surface area contributed by atoms with Gasteiger partial charge in [-0.2, -0.15) is 0 Å². The van der Waals surface area contributed by atoms with Crippen molar-refractivity contribution in [2.75, 3.05) is 18.1 Å². The Morgan fingerprint density at radius 3 is 2.69 bits per heavy atom. The van der Waals surface area contributed by atoms with Crippen molar-refractivity contribution in [1.82, 2.24) is 4.90 Å². The number of thioether (sulfide) groups is 1. The van der Waals surface area contributed by atoms with Crippen molar-refractivity contribution in [3.63, 3.8) is 0 Å². The largest absolute Gasteiger partial charge is 0.481 e. The average Bonchev–Trinajstić information content (AvgIpc) is 2.65. The third-order valence-corrected chi connectivity index (χ3v) is 3.74. The van der Waals surface area contributed by atoms with Crippen LogP contribution in [0, 0.1) is 5.92 Å². The van der Waals surface area contributed by atoms with Crippen LogP contribution in [0.25, 0.3) is 0 Å². The SMILES string of the molecule is CC(C)C1CCCN1C(=O)CSCC(=O)O. The Balaban J connectivity index is 2.38. The van der Waals surface area contributed by atoms with Crippen molar-refractivity contribution in [2.24, 2.45) is 5.92 Å². The molecule has 0 aromatic carbocycles. The maximum Gasteiger partial charge on any atom is 0.313 e. The summed E-state index contributed by atoms with van der Waals surface area (Å²) in [5.41, 5.74) is 0. The van der Waals surface area contributed by atoms with E-state index in [1.165, 1.54) is 11.8 Å². The molecule has 16 heavy (non-hydrogen) atoms. The molecule has 0 aromatic rings. The van der Waals surface area contributed by atoms with Crippen LogP contribution in [0.5, 0.6) is 0 Å². The highest BCUT2D eigenvalue weighted by molar-refractivity contribution is 8.00. The summed E-state index contributed by atoms with van der Waals surface area (Å²) in [6.07, 6.45) is 2.14. The van der Waals surface area contributed by atoms with Gasteiger partial charge in [-0.25, -0.2) is 0 Å². The molecule has 92 valence electrons. The summed E-state index contributed by atoms with van der Waals surface area (Å²) in [6, 6.07) is 0.345. The normalized spacial score (nSPS) is 20.4. The molecule has 0 aliphatic carbocycles. The van der Waals surface area contributed by atoms with E-state index in [1.54, 1.807) is 0 Å². The molecule has 0 saturated carbocycles. The van der Waals surface area contributed by atoms with Crippen LogP contribution in [0.15, 0.2) is 0 Å². The Bertz CT molecular complexity index is 268. The van der Waals surface area contributed by atoms with Crippen molar-refractivity contribution >= 4 is 23.6 Å². The number of rotatable bonds is 5. The lowest BCUT2D eigenvalue weighted by atomic mass is 10.0. The third-order valence-electron chi connectivity index (χ3n) is 2.84. The van der Waals surface area contributed by atoms with Crippen molar-refractivity contribution in [1.29, 1.82) is 0 Å². The number of carbonyl (C=O) groups excluding carboxylic acids is 1. The first-order valence-electron chi connectivity index (χ1n) is 5.61. The maximum absolute atomic E-state index is 11.9. The van der Waals surface area contributed by atoms with E-state index < -0.39 is 5.97 Å². The van der Waals surface area contributed by atoms with Crippen LogP contribution in [-0.2, 0) is 9.59 Å². The summed E-state index contributed by atoms with van der Waals surface area (Å²) in [6.45, 7) is 5.08. The summed E-state index contributed by atoms with van der Waals surface area (Å²) in [5, 5.41) is 8.49. The maximum atomic E-state index is 11.9. The van der Waals surface area contributed by atoms with Gasteiger partial charge in [0, 0.05) is 12.6 Å². The first-order chi connectivity index (χ1) is 7.52. The molecule has 4 nitrogen and oxygen atoms in total. The van der Waals surface area contributed by atoms with E-state index in [9.17, 15) is 9.59 Å². The second kappa shape index (κ2) is 6.13. The van der Waals surface area contributed by atoms with Crippen molar-refractivity contribution in [2.45, 2.75) is 32.7 Å². The minimum Gasteiger partial charge on any atom is -0.481 e. The molecule has 1 atom stereocenters. The fourth-order valence-electron chi connectivity index (χ4n) is 2.10. The molecule has 1 amide bonds. The highest BCUT2D eigenvalue weighted by atomic mass is 32.2. The fourth-order valence-corrected chi connectivity index (χ4v) is 2.72. The van der Waals surface area contributed by atoms with Gasteiger partial charge in [-0.1, -0.05) is 13.8 Å². The molecule has 0 spiro atoms. The summed E-state index contributed by atoms with van der Waals surface area (Å²) >= 11 is 1.18. The van der Waals surface area contributed by atoms with Gasteiger partial charge in [-0.15, -0.1) is 11.8 Å². The van der Waals surface area contributed by atoms with Gasteiger partial charge in [0.05, 0.1) is 11.5 Å². The number of carbonyl (C=O) groups is 2. The molecule has 1 heterocycles. The van der Waals surface area contributed by atoms with E-state index in [2.05, 4.69) is 13.8 Å². The summed E-state index contributed by atoms with van der Waals surface area (Å²) in [4.78, 5) is 24.1. The Morgan fingerprint density at radius 2 is 2.12 bits per heavy atom. The first kappa shape index (κ1) is 13.4. The van der Waals surface area contributed by atoms with Gasteiger partial charge in [0.2, 0.25) is 5.91 Å². The number of nitrogens with zero attached hydrogens (tertiary/aromatic N) is 1. The Labute approximate surface area is 100 Å². The topological polar surface area (TPSA) is 57.6 Å². The average molecular weight is 245 g/mol. The lowest BCUT2D eigenvalue weighted by Crippen LogP contribution is -2.39. The molecule has 0 radical (unpaired) electrons. The number of amides is 1. The molecule has 1 fully saturated rings. The molecular formula is C11H19NO3S. The predicted molar refractivity (Wildman–Crippen MR) is 64.5 cm³/mol. The third kappa shape index (κ3) is 3.70. The van der Waals surface area contributed by atoms with E-state index in [0.717, 1.165) is 19.4 Å². The Kier molecular flexibility index (Phi) is 5.12. The summed E-state index contributed by atoms with van der Waals surface area (Å²) in [7, 11) is 0. The quantitative estimate of drug-likeness (QED) is 0.796. The van der Waals surface area contributed by atoms with Gasteiger partial charge in [0.25, 0.3) is 0 Å². The van der Waals surface area contributed by atoms with Crippen LogP contribution in [0.1, 0.15) is 26.7 Å². The molecule has 1 rings (SSSR count). The van der Waals surface area contributed by atoms with Gasteiger partial charge in [0.1, 0.15) is 0 Å². The molecule has 1 aliphatic heterocycles. The number of carboxylic acid groups (broad SMARTS) is 1. The van der Waals surface area contributed by atoms with Crippen LogP contribution in [0.2, 0.25) is 0 Å². The molecule has 1 unspecified atom stereocenters. The van der Waals surface area contributed by atoms with E-state index in [0.29, 0.717) is 12.0 Å². The van der Waals surface area contributed by atoms with Gasteiger partial charge >= 0.3 is 5.97 Å². The minimum atomic E-state index is -0.861. The highest BCUT2D eigenvalue weighted by Crippen LogP contribution is 2.24. The number of likely N-dealkylation sites (tertiary alicyclic amines) is 1. The summed E-state index contributed by atoms with van der Waals surface area (Å²) < 4.78 is 0. The molecule has 5 heteroatoms. The van der Waals surface area contributed by atoms with Crippen molar-refractivity contribution in [3.8, 4) is 0 Å². The second-order valence-corrected chi connectivity index (χ2v) is 5.41. The number of carboxylic acids is 1. The van der Waals surface area contributed by atoms with Crippen LogP contribution >= 0.6 is 11.8 Å². The standard InChI is InChI=1S/C11H19NO3S/c1-8(2)9-4-3-5-12(9)10(13)6-16-7-11(14)15/h8-9H,3-7H2,1-2H3,(H,14,15). The second-order valence-electron chi connectivity index (χ2n) is 4.43. The molecule has 1 aliphatic rings. The van der Waals surface area contributed by atoms with Gasteiger partial charge in [-0.3, -0.25) is 9.59 Å². The first-order valence-corrected chi connectivity index (χ1v) is 6.77. The van der Waals surface area contributed by atoms with E-state index in [4.69, 9.17) is 5.11 Å². The Morgan fingerprint density at radius 1 is 1.44 bits per heavy atom. The number of aliphatic carboxylic acids is 1. The van der Waals surface area contributed by atoms with Crippen LogP contribution in [0.4, 0.5) is 0 Å². The molecular weight excluding hydrogens is 226 g/mol. The zero-order valence-corrected chi connectivity index (χ0v) is 10.6. The molecule has 1 saturated heterocycles. The molecule has 0 bridgehead atoms. The van der Waals surface area contributed by atoms with E-state index >= 15 is 0 Å².